The molecule has 0 heterocycles. The minimum atomic E-state index is -4.42. The van der Waals surface area contributed by atoms with Crippen molar-refractivity contribution >= 4 is 16.5 Å². The Morgan fingerprint density at radius 3 is 2.16 bits per heavy atom. The summed E-state index contributed by atoms with van der Waals surface area (Å²) in [6.45, 7) is 6.10. The average molecular weight is 300 g/mol. The van der Waals surface area contributed by atoms with Crippen molar-refractivity contribution < 1.29 is 31.5 Å². The molecule has 0 rings (SSSR count). The summed E-state index contributed by atoms with van der Waals surface area (Å²) in [5.41, 5.74) is 0. The van der Waals surface area contributed by atoms with Crippen molar-refractivity contribution in [2.24, 2.45) is 0 Å². The lowest BCUT2D eigenvalue weighted by Crippen LogP contribution is -2.41. The predicted molar refractivity (Wildman–Crippen MR) is 69.5 cm³/mol. The van der Waals surface area contributed by atoms with Crippen LogP contribution in [0.2, 0.25) is 0 Å². The molecule has 0 bridgehead atoms. The van der Waals surface area contributed by atoms with Gasteiger partial charge in [-0.25, -0.2) is 13.2 Å². The minimum absolute atomic E-state index is 0.0914. The first-order chi connectivity index (χ1) is 8.54. The molecule has 1 amide bonds. The van der Waals surface area contributed by atoms with Crippen molar-refractivity contribution in [2.75, 3.05) is 40.3 Å². The first-order valence-electron chi connectivity index (χ1n) is 5.93. The van der Waals surface area contributed by atoms with Crippen LogP contribution in [0.5, 0.6) is 0 Å². The molecule has 0 unspecified atom stereocenters. The van der Waals surface area contributed by atoms with Gasteiger partial charge < -0.3 is 19.5 Å². The number of nitrogens with one attached hydrogen (secondary N) is 1. The maximum absolute atomic E-state index is 10.1. The summed E-state index contributed by atoms with van der Waals surface area (Å²) in [6, 6.07) is 0. The Labute approximate surface area is 114 Å². The zero-order valence-electron chi connectivity index (χ0n) is 11.9. The Morgan fingerprint density at radius 1 is 1.37 bits per heavy atom. The van der Waals surface area contributed by atoms with E-state index in [0.717, 1.165) is 24.0 Å². The third-order valence-electron chi connectivity index (χ3n) is 2.33. The van der Waals surface area contributed by atoms with Crippen LogP contribution in [0.1, 0.15) is 20.3 Å². The van der Waals surface area contributed by atoms with Crippen molar-refractivity contribution in [3.63, 3.8) is 0 Å². The average Bonchev–Trinajstić information content (AvgIpc) is 2.23. The van der Waals surface area contributed by atoms with Gasteiger partial charge in [0.15, 0.2) is 0 Å². The Hall–Kier alpha value is -0.900. The van der Waals surface area contributed by atoms with Gasteiger partial charge in [-0.3, -0.25) is 4.18 Å². The molecule has 0 radical (unpaired) electrons. The van der Waals surface area contributed by atoms with Gasteiger partial charge in [-0.1, -0.05) is 0 Å². The highest BCUT2D eigenvalue weighted by Crippen LogP contribution is 1.96. The van der Waals surface area contributed by atoms with E-state index in [9.17, 15) is 17.8 Å². The number of carbonyl (C=O) groups is 1. The lowest BCUT2D eigenvalue weighted by Gasteiger charge is -2.27. The Kier molecular flexibility index (Phi) is 10.7. The molecule has 0 aliphatic rings. The largest absolute Gasteiger partial charge is 0.726 e. The molecular formula is C10H24N2O6S. The van der Waals surface area contributed by atoms with Crippen molar-refractivity contribution in [2.45, 2.75) is 20.3 Å². The van der Waals surface area contributed by atoms with Crippen LogP contribution in [-0.2, 0) is 14.6 Å². The van der Waals surface area contributed by atoms with Crippen molar-refractivity contribution in [3.8, 4) is 0 Å². The van der Waals surface area contributed by atoms with E-state index < -0.39 is 16.5 Å². The van der Waals surface area contributed by atoms with Crippen LogP contribution < -0.4 is 5.32 Å². The van der Waals surface area contributed by atoms with Crippen molar-refractivity contribution in [1.29, 1.82) is 0 Å². The fourth-order valence-corrected chi connectivity index (χ4v) is 1.29. The van der Waals surface area contributed by atoms with Crippen molar-refractivity contribution in [3.05, 3.63) is 0 Å². The maximum Gasteiger partial charge on any atom is 0.404 e. The predicted octanol–water partition coefficient (Wildman–Crippen LogP) is 0.224. The lowest BCUT2D eigenvalue weighted by atomic mass is 10.3. The van der Waals surface area contributed by atoms with Gasteiger partial charge >= 0.3 is 6.09 Å². The molecule has 2 N–H and O–H groups in total. The lowest BCUT2D eigenvalue weighted by molar-refractivity contribution is -0.888. The van der Waals surface area contributed by atoms with Gasteiger partial charge in [0.1, 0.15) is 0 Å². The molecule has 0 saturated heterocycles. The molecule has 0 aliphatic carbocycles. The molecule has 0 saturated carbocycles. The quantitative estimate of drug-likeness (QED) is 0.301. The summed E-state index contributed by atoms with van der Waals surface area (Å²) in [4.78, 5) is 10.1. The second-order valence-electron chi connectivity index (χ2n) is 4.38. The second kappa shape index (κ2) is 9.96. The Bertz CT molecular complexity index is 342. The third-order valence-corrected chi connectivity index (χ3v) is 2.86. The van der Waals surface area contributed by atoms with E-state index in [2.05, 4.69) is 30.5 Å². The summed E-state index contributed by atoms with van der Waals surface area (Å²) in [5.74, 6) is 0. The van der Waals surface area contributed by atoms with Gasteiger partial charge in [0.05, 0.1) is 33.8 Å². The van der Waals surface area contributed by atoms with E-state index in [4.69, 9.17) is 5.11 Å². The highest BCUT2D eigenvalue weighted by Gasteiger charge is 2.10. The first kappa shape index (κ1) is 20.4. The summed E-state index contributed by atoms with van der Waals surface area (Å²) in [6.07, 6.45) is -0.0375. The van der Waals surface area contributed by atoms with E-state index in [1.54, 1.807) is 0 Å². The van der Waals surface area contributed by atoms with Gasteiger partial charge in [0.2, 0.25) is 10.4 Å². The van der Waals surface area contributed by atoms with Crippen LogP contribution >= 0.6 is 0 Å². The van der Waals surface area contributed by atoms with Crippen LogP contribution in [0.25, 0.3) is 0 Å². The van der Waals surface area contributed by atoms with Crippen LogP contribution in [0.15, 0.2) is 0 Å². The molecule has 0 aromatic heterocycles. The molecule has 19 heavy (non-hydrogen) atoms. The van der Waals surface area contributed by atoms with Gasteiger partial charge in [0.25, 0.3) is 0 Å². The van der Waals surface area contributed by atoms with E-state index in [-0.39, 0.29) is 6.61 Å². The molecule has 0 aromatic carbocycles. The van der Waals surface area contributed by atoms with Gasteiger partial charge in [-0.2, -0.15) is 0 Å². The molecule has 0 fully saturated rings. The zero-order valence-corrected chi connectivity index (χ0v) is 12.7. The molecule has 0 spiro atoms. The number of carboxylic acid groups (broad SMARTS) is 1. The normalized spacial score (nSPS) is 11.4. The number of hydrogen-bond donors (Lipinski definition) is 2. The maximum atomic E-state index is 10.1. The number of rotatable bonds is 7. The van der Waals surface area contributed by atoms with E-state index in [0.29, 0.717) is 6.54 Å². The number of quaternary nitrogens is 1. The second-order valence-corrected chi connectivity index (χ2v) is 5.43. The zero-order chi connectivity index (χ0) is 15.5. The van der Waals surface area contributed by atoms with Gasteiger partial charge in [-0.15, -0.1) is 0 Å². The van der Waals surface area contributed by atoms with E-state index in [1.807, 2.05) is 0 Å². The minimum Gasteiger partial charge on any atom is -0.726 e. The fourth-order valence-electron chi connectivity index (χ4n) is 1.00. The Morgan fingerprint density at radius 2 is 1.89 bits per heavy atom. The number of nitrogens with zero attached hydrogens (tertiary/aromatic N) is 1. The Balaban J connectivity index is 0. The van der Waals surface area contributed by atoms with Gasteiger partial charge in [-0.05, 0) is 13.8 Å². The number of hydrogen-bond acceptors (Lipinski definition) is 5. The topological polar surface area (TPSA) is 116 Å². The molecule has 8 nitrogen and oxygen atoms in total. The highest BCUT2D eigenvalue weighted by atomic mass is 32.3. The van der Waals surface area contributed by atoms with Crippen LogP contribution in [0.3, 0.4) is 0 Å². The van der Waals surface area contributed by atoms with Crippen LogP contribution in [0, 0.1) is 0 Å². The van der Waals surface area contributed by atoms with Crippen LogP contribution in [0.4, 0.5) is 4.79 Å². The van der Waals surface area contributed by atoms with Crippen LogP contribution in [-0.4, -0.2) is 69.0 Å². The third kappa shape index (κ3) is 19.6. The van der Waals surface area contributed by atoms with Crippen molar-refractivity contribution in [1.82, 2.24) is 5.32 Å². The van der Waals surface area contributed by atoms with E-state index >= 15 is 0 Å². The molecule has 116 valence electrons. The summed E-state index contributed by atoms with van der Waals surface area (Å²) >= 11 is 0. The summed E-state index contributed by atoms with van der Waals surface area (Å²) in [5, 5.41) is 10.6. The first-order valence-corrected chi connectivity index (χ1v) is 7.26. The van der Waals surface area contributed by atoms with Gasteiger partial charge in [0, 0.05) is 13.0 Å². The standard InChI is InChI=1S/C8H18N2O2.C2H6O4S/c1-4-10(2,3)7-5-6-9-8(11)12;1-2-6-7(3,4)5/h9H,4-7H2,1-3H3;2H2,1H3,(H,3,4,5). The molecular weight excluding hydrogens is 276 g/mol. The summed E-state index contributed by atoms with van der Waals surface area (Å²) < 4.78 is 33.0. The molecule has 9 heteroatoms. The SMILES string of the molecule is CCOS(=O)(=O)[O-].CC[N+](C)(C)CCCNC(=O)O. The molecule has 0 aromatic rings. The molecule has 0 aliphatic heterocycles. The smallest absolute Gasteiger partial charge is 0.404 e. The highest BCUT2D eigenvalue weighted by molar-refractivity contribution is 7.80. The molecule has 0 atom stereocenters. The number of amides is 1. The fraction of sp³-hybridized carbons (Fsp3) is 0.900. The monoisotopic (exact) mass is 300 g/mol. The van der Waals surface area contributed by atoms with E-state index in [1.165, 1.54) is 6.92 Å². The summed E-state index contributed by atoms with van der Waals surface area (Å²) in [7, 11) is -0.145.